The molecule has 0 unspecified atom stereocenters. The minimum atomic E-state index is -0.452. The van der Waals surface area contributed by atoms with Crippen LogP contribution in [0, 0.1) is 5.82 Å². The Balaban J connectivity index is 2.18. The van der Waals surface area contributed by atoms with Gasteiger partial charge >= 0.3 is 0 Å². The van der Waals surface area contributed by atoms with Crippen molar-refractivity contribution in [1.82, 2.24) is 0 Å². The molecule has 106 valence electrons. The summed E-state index contributed by atoms with van der Waals surface area (Å²) in [7, 11) is 0. The molecule has 2 nitrogen and oxygen atoms in total. The summed E-state index contributed by atoms with van der Waals surface area (Å²) in [6, 6.07) is 11.8. The standard InChI is InChI=1S/C17H12BrFO2/c1-2-14-16(11-5-3-4-6-15(11)21-14)17(20)10-7-8-12(18)13(19)9-10/h3-9H,2H2,1H3. The van der Waals surface area contributed by atoms with Crippen molar-refractivity contribution in [2.75, 3.05) is 0 Å². The van der Waals surface area contributed by atoms with Gasteiger partial charge in [-0.2, -0.15) is 0 Å². The second-order valence-electron chi connectivity index (χ2n) is 4.71. The van der Waals surface area contributed by atoms with Gasteiger partial charge in [-0.1, -0.05) is 25.1 Å². The lowest BCUT2D eigenvalue weighted by Gasteiger charge is -2.03. The van der Waals surface area contributed by atoms with Gasteiger partial charge in [-0.05, 0) is 40.2 Å². The summed E-state index contributed by atoms with van der Waals surface area (Å²) >= 11 is 3.09. The number of fused-ring (bicyclic) bond motifs is 1. The van der Waals surface area contributed by atoms with Crippen LogP contribution >= 0.6 is 15.9 Å². The van der Waals surface area contributed by atoms with E-state index in [9.17, 15) is 9.18 Å². The van der Waals surface area contributed by atoms with E-state index in [1.54, 1.807) is 6.07 Å². The SMILES string of the molecule is CCc1oc2ccccc2c1C(=O)c1ccc(Br)c(F)c1. The minimum Gasteiger partial charge on any atom is -0.460 e. The number of hydrogen-bond donors (Lipinski definition) is 0. The van der Waals surface area contributed by atoms with E-state index in [0.717, 1.165) is 5.39 Å². The van der Waals surface area contributed by atoms with Crippen molar-refractivity contribution in [3.63, 3.8) is 0 Å². The zero-order chi connectivity index (χ0) is 15.0. The van der Waals surface area contributed by atoms with E-state index in [0.29, 0.717) is 33.4 Å². The van der Waals surface area contributed by atoms with Crippen molar-refractivity contribution in [1.29, 1.82) is 0 Å². The van der Waals surface area contributed by atoms with Crippen LogP contribution in [0.15, 0.2) is 51.4 Å². The molecule has 0 atom stereocenters. The lowest BCUT2D eigenvalue weighted by atomic mass is 9.99. The third-order valence-electron chi connectivity index (χ3n) is 3.40. The fraction of sp³-hybridized carbons (Fsp3) is 0.118. The van der Waals surface area contributed by atoms with Gasteiger partial charge in [0.05, 0.1) is 10.0 Å². The normalized spacial score (nSPS) is 11.0. The van der Waals surface area contributed by atoms with Crippen LogP contribution in [0.4, 0.5) is 4.39 Å². The molecule has 0 N–H and O–H groups in total. The molecule has 3 aromatic rings. The molecule has 1 aromatic heterocycles. The highest BCUT2D eigenvalue weighted by Gasteiger charge is 2.21. The van der Waals surface area contributed by atoms with E-state index in [1.807, 2.05) is 31.2 Å². The number of carbonyl (C=O) groups excluding carboxylic acids is 1. The van der Waals surface area contributed by atoms with Crippen LogP contribution in [-0.4, -0.2) is 5.78 Å². The van der Waals surface area contributed by atoms with E-state index >= 15 is 0 Å². The molecule has 0 radical (unpaired) electrons. The first kappa shape index (κ1) is 14.0. The molecule has 21 heavy (non-hydrogen) atoms. The van der Waals surface area contributed by atoms with Gasteiger partial charge < -0.3 is 4.42 Å². The van der Waals surface area contributed by atoms with Crippen LogP contribution in [0.25, 0.3) is 11.0 Å². The monoisotopic (exact) mass is 346 g/mol. The van der Waals surface area contributed by atoms with Crippen molar-refractivity contribution in [2.24, 2.45) is 0 Å². The summed E-state index contributed by atoms with van der Waals surface area (Å²) in [6.45, 7) is 1.93. The highest BCUT2D eigenvalue weighted by molar-refractivity contribution is 9.10. The maximum atomic E-state index is 13.7. The number of benzene rings is 2. The molecule has 0 amide bonds. The number of para-hydroxylation sites is 1. The van der Waals surface area contributed by atoms with Crippen LogP contribution in [0.3, 0.4) is 0 Å². The summed E-state index contributed by atoms with van der Waals surface area (Å²) in [4.78, 5) is 12.7. The maximum absolute atomic E-state index is 13.7. The van der Waals surface area contributed by atoms with Crippen LogP contribution < -0.4 is 0 Å². The zero-order valence-electron chi connectivity index (χ0n) is 11.3. The topological polar surface area (TPSA) is 30.2 Å². The molecule has 2 aromatic carbocycles. The Morgan fingerprint density at radius 2 is 2.00 bits per heavy atom. The first-order valence-electron chi connectivity index (χ1n) is 6.62. The number of hydrogen-bond acceptors (Lipinski definition) is 2. The largest absolute Gasteiger partial charge is 0.460 e. The molecule has 0 saturated heterocycles. The van der Waals surface area contributed by atoms with E-state index in [-0.39, 0.29) is 5.78 Å². The number of furan rings is 1. The first-order valence-corrected chi connectivity index (χ1v) is 7.41. The van der Waals surface area contributed by atoms with Gasteiger partial charge in [-0.25, -0.2) is 4.39 Å². The third kappa shape index (κ3) is 2.40. The molecule has 3 rings (SSSR count). The predicted molar refractivity (Wildman–Crippen MR) is 83.1 cm³/mol. The quantitative estimate of drug-likeness (QED) is 0.615. The highest BCUT2D eigenvalue weighted by atomic mass is 79.9. The van der Waals surface area contributed by atoms with Crippen LogP contribution in [-0.2, 0) is 6.42 Å². The molecular formula is C17H12BrFO2. The molecule has 0 aliphatic carbocycles. The number of ketones is 1. The molecule has 0 spiro atoms. The third-order valence-corrected chi connectivity index (χ3v) is 4.04. The fourth-order valence-electron chi connectivity index (χ4n) is 2.38. The van der Waals surface area contributed by atoms with Gasteiger partial charge in [0.2, 0.25) is 0 Å². The molecular weight excluding hydrogens is 335 g/mol. The Labute approximate surface area is 129 Å². The molecule has 0 saturated carbocycles. The number of halogens is 2. The summed E-state index contributed by atoms with van der Waals surface area (Å²) in [6.07, 6.45) is 0.606. The van der Waals surface area contributed by atoms with E-state index in [1.165, 1.54) is 12.1 Å². The van der Waals surface area contributed by atoms with Crippen LogP contribution in [0.1, 0.15) is 28.6 Å². The van der Waals surface area contributed by atoms with Crippen molar-refractivity contribution < 1.29 is 13.6 Å². The maximum Gasteiger partial charge on any atom is 0.197 e. The van der Waals surface area contributed by atoms with Crippen LogP contribution in [0.2, 0.25) is 0 Å². The average molecular weight is 347 g/mol. The summed E-state index contributed by atoms with van der Waals surface area (Å²) < 4.78 is 19.7. The molecule has 0 fully saturated rings. The zero-order valence-corrected chi connectivity index (χ0v) is 12.9. The van der Waals surface area contributed by atoms with Gasteiger partial charge in [0, 0.05) is 17.4 Å². The lowest BCUT2D eigenvalue weighted by Crippen LogP contribution is -2.04. The average Bonchev–Trinajstić information content (AvgIpc) is 2.87. The van der Waals surface area contributed by atoms with Gasteiger partial charge in [-0.15, -0.1) is 0 Å². The van der Waals surface area contributed by atoms with Gasteiger partial charge in [-0.3, -0.25) is 4.79 Å². The Kier molecular flexibility index (Phi) is 3.64. The van der Waals surface area contributed by atoms with Crippen molar-refractivity contribution in [3.05, 3.63) is 69.6 Å². The van der Waals surface area contributed by atoms with Gasteiger partial charge in [0.25, 0.3) is 0 Å². The van der Waals surface area contributed by atoms with Crippen molar-refractivity contribution >= 4 is 32.7 Å². The predicted octanol–water partition coefficient (Wildman–Crippen LogP) is 5.13. The van der Waals surface area contributed by atoms with E-state index in [4.69, 9.17) is 4.42 Å². The Morgan fingerprint density at radius 1 is 1.24 bits per heavy atom. The molecule has 0 bridgehead atoms. The summed E-state index contributed by atoms with van der Waals surface area (Å²) in [5.41, 5.74) is 1.52. The smallest absolute Gasteiger partial charge is 0.197 e. The van der Waals surface area contributed by atoms with Gasteiger partial charge in [0.15, 0.2) is 5.78 Å². The molecule has 0 aliphatic heterocycles. The Morgan fingerprint density at radius 3 is 2.71 bits per heavy atom. The van der Waals surface area contributed by atoms with Crippen LogP contribution in [0.5, 0.6) is 0 Å². The summed E-state index contributed by atoms with van der Waals surface area (Å²) in [5.74, 6) is -0.0422. The first-order chi connectivity index (χ1) is 10.1. The van der Waals surface area contributed by atoms with Gasteiger partial charge in [0.1, 0.15) is 17.2 Å². The second kappa shape index (κ2) is 5.45. The summed E-state index contributed by atoms with van der Waals surface area (Å²) in [5, 5.41) is 0.766. The van der Waals surface area contributed by atoms with E-state index < -0.39 is 5.82 Å². The number of rotatable bonds is 3. The molecule has 0 aliphatic rings. The highest BCUT2D eigenvalue weighted by Crippen LogP contribution is 2.29. The van der Waals surface area contributed by atoms with E-state index in [2.05, 4.69) is 15.9 Å². The number of carbonyl (C=O) groups is 1. The molecule has 4 heteroatoms. The fourth-order valence-corrected chi connectivity index (χ4v) is 2.62. The Hall–Kier alpha value is -1.94. The lowest BCUT2D eigenvalue weighted by molar-refractivity contribution is 0.103. The van der Waals surface area contributed by atoms with Crippen molar-refractivity contribution in [3.8, 4) is 0 Å². The minimum absolute atomic E-state index is 0.219. The molecule has 1 heterocycles. The Bertz CT molecular complexity index is 836. The second-order valence-corrected chi connectivity index (χ2v) is 5.56. The van der Waals surface area contributed by atoms with Crippen molar-refractivity contribution in [2.45, 2.75) is 13.3 Å². The number of aryl methyl sites for hydroxylation is 1.